The summed E-state index contributed by atoms with van der Waals surface area (Å²) in [4.78, 5) is 2.28. The van der Waals surface area contributed by atoms with Crippen LogP contribution in [0.15, 0.2) is 49.1 Å². The number of methoxy groups -OCH3 is 1. The Labute approximate surface area is 149 Å². The first-order chi connectivity index (χ1) is 12.2. The molecule has 2 N–H and O–H groups in total. The van der Waals surface area contributed by atoms with Gasteiger partial charge in [0, 0.05) is 18.7 Å². The fourth-order valence-electron chi connectivity index (χ4n) is 3.63. The number of ether oxygens (including phenoxy) is 1. The molecule has 0 saturated carbocycles. The lowest BCUT2D eigenvalue weighted by atomic mass is 9.92. The fourth-order valence-corrected chi connectivity index (χ4v) is 3.63. The molecule has 0 aromatic heterocycles. The lowest BCUT2D eigenvalue weighted by Gasteiger charge is -2.36. The van der Waals surface area contributed by atoms with Crippen molar-refractivity contribution < 1.29 is 14.9 Å². The van der Waals surface area contributed by atoms with Gasteiger partial charge in [0.25, 0.3) is 0 Å². The van der Waals surface area contributed by atoms with Crippen molar-refractivity contribution in [3.8, 4) is 11.5 Å². The van der Waals surface area contributed by atoms with Crippen LogP contribution in [0.2, 0.25) is 0 Å². The molecule has 1 aliphatic heterocycles. The highest BCUT2D eigenvalue weighted by atomic mass is 16.5. The summed E-state index contributed by atoms with van der Waals surface area (Å²) in [6.07, 6.45) is 3.33. The molecule has 0 aliphatic carbocycles. The maximum Gasteiger partial charge on any atom is 0.161 e. The molecular weight excluding hydrogens is 314 g/mol. The third-order valence-corrected chi connectivity index (χ3v) is 4.88. The van der Waals surface area contributed by atoms with Gasteiger partial charge in [-0.25, -0.2) is 0 Å². The van der Waals surface area contributed by atoms with Gasteiger partial charge in [0.15, 0.2) is 11.5 Å². The highest BCUT2D eigenvalue weighted by molar-refractivity contribution is 5.49. The SMILES string of the molecule is C=CCc1cc(CN2CCc3ccccc3[C@H]2CO)cc(OC)c1O. The smallest absolute Gasteiger partial charge is 0.161 e. The Bertz CT molecular complexity index is 757. The third-order valence-electron chi connectivity index (χ3n) is 4.88. The zero-order valence-electron chi connectivity index (χ0n) is 14.6. The Morgan fingerprint density at radius 1 is 1.32 bits per heavy atom. The van der Waals surface area contributed by atoms with E-state index < -0.39 is 0 Å². The molecule has 0 bridgehead atoms. The molecule has 0 spiro atoms. The predicted octanol–water partition coefficient (Wildman–Crippen LogP) is 3.22. The zero-order chi connectivity index (χ0) is 17.8. The Balaban J connectivity index is 1.89. The molecule has 4 nitrogen and oxygen atoms in total. The van der Waals surface area contributed by atoms with Crippen LogP contribution in [0.4, 0.5) is 0 Å². The van der Waals surface area contributed by atoms with Crippen LogP contribution in [0.25, 0.3) is 0 Å². The number of phenolic OH excluding ortho intramolecular Hbond substituents is 1. The fraction of sp³-hybridized carbons (Fsp3) is 0.333. The number of nitrogens with zero attached hydrogens (tertiary/aromatic N) is 1. The quantitative estimate of drug-likeness (QED) is 0.794. The zero-order valence-corrected chi connectivity index (χ0v) is 14.6. The van der Waals surface area contributed by atoms with E-state index in [9.17, 15) is 10.2 Å². The second kappa shape index (κ2) is 7.72. The van der Waals surface area contributed by atoms with Crippen molar-refractivity contribution in [3.63, 3.8) is 0 Å². The van der Waals surface area contributed by atoms with Crippen LogP contribution in [0.3, 0.4) is 0 Å². The lowest BCUT2D eigenvalue weighted by molar-refractivity contribution is 0.108. The molecule has 1 aliphatic rings. The van der Waals surface area contributed by atoms with Crippen molar-refractivity contribution in [2.75, 3.05) is 20.3 Å². The van der Waals surface area contributed by atoms with Gasteiger partial charge in [-0.15, -0.1) is 6.58 Å². The number of rotatable bonds is 6. The molecule has 2 aromatic carbocycles. The molecule has 0 fully saturated rings. The first kappa shape index (κ1) is 17.5. The summed E-state index contributed by atoms with van der Waals surface area (Å²) in [5.74, 6) is 0.654. The second-order valence-electron chi connectivity index (χ2n) is 6.42. The number of aliphatic hydroxyl groups excluding tert-OH is 1. The van der Waals surface area contributed by atoms with E-state index in [4.69, 9.17) is 4.74 Å². The van der Waals surface area contributed by atoms with E-state index in [1.54, 1.807) is 13.2 Å². The Kier molecular flexibility index (Phi) is 5.41. The molecule has 0 unspecified atom stereocenters. The molecule has 2 aromatic rings. The number of aromatic hydroxyl groups is 1. The summed E-state index contributed by atoms with van der Waals surface area (Å²) in [6.45, 7) is 5.43. The molecule has 0 amide bonds. The molecule has 3 rings (SSSR count). The van der Waals surface area contributed by atoms with Crippen molar-refractivity contribution >= 4 is 0 Å². The van der Waals surface area contributed by atoms with Crippen LogP contribution in [0.1, 0.15) is 28.3 Å². The minimum atomic E-state index is -0.00685. The molecule has 0 radical (unpaired) electrons. The number of benzene rings is 2. The number of fused-ring (bicyclic) bond motifs is 1. The highest BCUT2D eigenvalue weighted by Gasteiger charge is 2.26. The number of hydrogen-bond donors (Lipinski definition) is 2. The maximum absolute atomic E-state index is 10.3. The highest BCUT2D eigenvalue weighted by Crippen LogP contribution is 2.35. The van der Waals surface area contributed by atoms with Crippen LogP contribution in [0.5, 0.6) is 11.5 Å². The first-order valence-electron chi connectivity index (χ1n) is 8.60. The van der Waals surface area contributed by atoms with E-state index >= 15 is 0 Å². The summed E-state index contributed by atoms with van der Waals surface area (Å²) >= 11 is 0. The minimum absolute atomic E-state index is 0.00685. The van der Waals surface area contributed by atoms with Gasteiger partial charge in [-0.1, -0.05) is 36.4 Å². The lowest BCUT2D eigenvalue weighted by Crippen LogP contribution is -2.36. The normalized spacial score (nSPS) is 17.1. The van der Waals surface area contributed by atoms with Gasteiger partial charge >= 0.3 is 0 Å². The van der Waals surface area contributed by atoms with Crippen LogP contribution in [0, 0.1) is 0 Å². The van der Waals surface area contributed by atoms with Crippen molar-refractivity contribution in [1.82, 2.24) is 4.90 Å². The van der Waals surface area contributed by atoms with E-state index in [-0.39, 0.29) is 18.4 Å². The van der Waals surface area contributed by atoms with Gasteiger partial charge in [0.05, 0.1) is 19.8 Å². The van der Waals surface area contributed by atoms with Gasteiger partial charge in [0.1, 0.15) is 0 Å². The Hall–Kier alpha value is -2.30. The molecule has 4 heteroatoms. The predicted molar refractivity (Wildman–Crippen MR) is 98.9 cm³/mol. The Morgan fingerprint density at radius 2 is 2.12 bits per heavy atom. The van der Waals surface area contributed by atoms with Gasteiger partial charge < -0.3 is 14.9 Å². The number of allylic oxidation sites excluding steroid dienone is 1. The minimum Gasteiger partial charge on any atom is -0.504 e. The van der Waals surface area contributed by atoms with Crippen molar-refractivity contribution in [2.24, 2.45) is 0 Å². The van der Waals surface area contributed by atoms with E-state index in [1.165, 1.54) is 11.1 Å². The van der Waals surface area contributed by atoms with Crippen LogP contribution < -0.4 is 4.74 Å². The average Bonchev–Trinajstić information content (AvgIpc) is 2.64. The molecule has 0 saturated heterocycles. The van der Waals surface area contributed by atoms with E-state index in [0.717, 1.165) is 24.1 Å². The van der Waals surface area contributed by atoms with Crippen LogP contribution in [-0.2, 0) is 19.4 Å². The first-order valence-corrected chi connectivity index (χ1v) is 8.60. The second-order valence-corrected chi connectivity index (χ2v) is 6.42. The van der Waals surface area contributed by atoms with Crippen LogP contribution in [-0.4, -0.2) is 35.4 Å². The molecule has 132 valence electrons. The topological polar surface area (TPSA) is 52.9 Å². The van der Waals surface area contributed by atoms with E-state index in [2.05, 4.69) is 29.7 Å². The molecule has 25 heavy (non-hydrogen) atoms. The van der Waals surface area contributed by atoms with E-state index in [1.807, 2.05) is 18.2 Å². The maximum atomic E-state index is 10.3. The summed E-state index contributed by atoms with van der Waals surface area (Å²) in [7, 11) is 1.56. The van der Waals surface area contributed by atoms with Gasteiger partial charge in [-0.05, 0) is 35.6 Å². The molecule has 1 atom stereocenters. The monoisotopic (exact) mass is 339 g/mol. The van der Waals surface area contributed by atoms with Crippen LogP contribution >= 0.6 is 0 Å². The standard InChI is InChI=1S/C21H25NO3/c1-3-6-17-11-15(12-20(25-2)21(17)24)13-22-10-9-16-7-4-5-8-18(16)19(22)14-23/h3-5,7-8,11-12,19,23-24H,1,6,9-10,13-14H2,2H3/t19-/m1/s1. The number of aliphatic hydroxyl groups is 1. The summed E-state index contributed by atoms with van der Waals surface area (Å²) in [6, 6.07) is 12.2. The average molecular weight is 339 g/mol. The summed E-state index contributed by atoms with van der Waals surface area (Å²) < 4.78 is 5.32. The third kappa shape index (κ3) is 3.55. The molecule has 1 heterocycles. The van der Waals surface area contributed by atoms with Crippen molar-refractivity contribution in [3.05, 3.63) is 71.3 Å². The van der Waals surface area contributed by atoms with Gasteiger partial charge in [-0.2, -0.15) is 0 Å². The number of phenols is 1. The number of hydrogen-bond acceptors (Lipinski definition) is 4. The Morgan fingerprint density at radius 3 is 2.84 bits per heavy atom. The van der Waals surface area contributed by atoms with E-state index in [0.29, 0.717) is 18.7 Å². The van der Waals surface area contributed by atoms with Crippen molar-refractivity contribution in [1.29, 1.82) is 0 Å². The summed E-state index contributed by atoms with van der Waals surface area (Å²) in [5, 5.41) is 20.2. The van der Waals surface area contributed by atoms with Gasteiger partial charge in [-0.3, -0.25) is 4.90 Å². The van der Waals surface area contributed by atoms with Crippen molar-refractivity contribution in [2.45, 2.75) is 25.4 Å². The largest absolute Gasteiger partial charge is 0.504 e. The van der Waals surface area contributed by atoms with Gasteiger partial charge in [0.2, 0.25) is 0 Å². The molecular formula is C21H25NO3. The summed E-state index contributed by atoms with van der Waals surface area (Å²) in [5.41, 5.74) is 4.38.